The van der Waals surface area contributed by atoms with Crippen LogP contribution in [0.5, 0.6) is 5.75 Å². The van der Waals surface area contributed by atoms with E-state index in [9.17, 15) is 4.79 Å². The van der Waals surface area contributed by atoms with Gasteiger partial charge in [0.1, 0.15) is 11.6 Å². The largest absolute Gasteiger partial charge is 0.493 e. The predicted molar refractivity (Wildman–Crippen MR) is 58.6 cm³/mol. The van der Waals surface area contributed by atoms with Crippen molar-refractivity contribution >= 4 is 6.29 Å². The summed E-state index contributed by atoms with van der Waals surface area (Å²) in [6.45, 7) is 0.747. The Morgan fingerprint density at radius 2 is 2.38 bits per heavy atom. The Kier molecular flexibility index (Phi) is 1.99. The van der Waals surface area contributed by atoms with Crippen LogP contribution < -0.4 is 4.74 Å². The molecule has 1 N–H and O–H groups in total. The maximum Gasteiger partial charge on any atom is 0.167 e. The van der Waals surface area contributed by atoms with Crippen LogP contribution in [0.15, 0.2) is 24.4 Å². The van der Waals surface area contributed by atoms with Crippen LogP contribution in [-0.4, -0.2) is 22.9 Å². The molecule has 4 nitrogen and oxygen atoms in total. The van der Waals surface area contributed by atoms with Gasteiger partial charge in [0.2, 0.25) is 0 Å². The molecule has 80 valence electrons. The average Bonchev–Trinajstić information content (AvgIpc) is 2.96. The third-order valence-electron chi connectivity index (χ3n) is 2.69. The van der Waals surface area contributed by atoms with Crippen LogP contribution >= 0.6 is 0 Å². The summed E-state index contributed by atoms with van der Waals surface area (Å²) in [6.07, 6.45) is 3.23. The van der Waals surface area contributed by atoms with Crippen molar-refractivity contribution in [1.82, 2.24) is 9.97 Å². The number of hydrogen-bond acceptors (Lipinski definition) is 3. The van der Waals surface area contributed by atoms with Gasteiger partial charge in [0.25, 0.3) is 0 Å². The fraction of sp³-hybridized carbons (Fsp3) is 0.167. The summed E-state index contributed by atoms with van der Waals surface area (Å²) in [5, 5.41) is 0. The molecule has 1 aliphatic heterocycles. The van der Waals surface area contributed by atoms with Gasteiger partial charge in [-0.2, -0.15) is 0 Å². The summed E-state index contributed by atoms with van der Waals surface area (Å²) in [6, 6.07) is 5.94. The summed E-state index contributed by atoms with van der Waals surface area (Å²) in [5.41, 5.74) is 2.67. The number of aromatic nitrogens is 2. The fourth-order valence-corrected chi connectivity index (χ4v) is 1.88. The van der Waals surface area contributed by atoms with Crippen molar-refractivity contribution in [1.29, 1.82) is 0 Å². The lowest BCUT2D eigenvalue weighted by Gasteiger charge is -2.01. The number of fused-ring (bicyclic) bond motifs is 1. The highest BCUT2D eigenvalue weighted by Crippen LogP contribution is 2.29. The molecule has 3 rings (SSSR count). The molecule has 4 heteroatoms. The molecule has 1 aliphatic rings. The maximum absolute atomic E-state index is 10.5. The van der Waals surface area contributed by atoms with E-state index in [1.165, 1.54) is 11.8 Å². The first-order valence-corrected chi connectivity index (χ1v) is 5.13. The minimum Gasteiger partial charge on any atom is -0.493 e. The van der Waals surface area contributed by atoms with Gasteiger partial charge in [-0.3, -0.25) is 4.79 Å². The summed E-state index contributed by atoms with van der Waals surface area (Å²) in [7, 11) is 0. The first-order valence-electron chi connectivity index (χ1n) is 5.13. The Balaban J connectivity index is 2.03. The van der Waals surface area contributed by atoms with Crippen LogP contribution in [0.3, 0.4) is 0 Å². The van der Waals surface area contributed by atoms with E-state index in [-0.39, 0.29) is 0 Å². The average molecular weight is 214 g/mol. The topological polar surface area (TPSA) is 55.0 Å². The number of aldehydes is 1. The second kappa shape index (κ2) is 3.48. The van der Waals surface area contributed by atoms with E-state index in [1.807, 2.05) is 12.1 Å². The number of ether oxygens (including phenoxy) is 1. The summed E-state index contributed by atoms with van der Waals surface area (Å²) < 4.78 is 5.43. The molecule has 0 radical (unpaired) electrons. The normalized spacial score (nSPS) is 13.2. The third-order valence-corrected chi connectivity index (χ3v) is 2.69. The van der Waals surface area contributed by atoms with Crippen LogP contribution in [0.25, 0.3) is 11.4 Å². The van der Waals surface area contributed by atoms with Crippen LogP contribution in [0.1, 0.15) is 16.1 Å². The molecule has 0 saturated heterocycles. The molecule has 0 amide bonds. The molecule has 0 aliphatic carbocycles. The zero-order chi connectivity index (χ0) is 11.0. The lowest BCUT2D eigenvalue weighted by atomic mass is 10.1. The lowest BCUT2D eigenvalue weighted by Crippen LogP contribution is -1.85. The Morgan fingerprint density at radius 3 is 3.19 bits per heavy atom. The van der Waals surface area contributed by atoms with Gasteiger partial charge in [0.05, 0.1) is 18.5 Å². The van der Waals surface area contributed by atoms with Crippen molar-refractivity contribution in [2.45, 2.75) is 6.42 Å². The number of nitrogens with zero attached hydrogens (tertiary/aromatic N) is 1. The smallest absolute Gasteiger partial charge is 0.167 e. The second-order valence-corrected chi connectivity index (χ2v) is 3.73. The summed E-state index contributed by atoms with van der Waals surface area (Å²) in [4.78, 5) is 17.7. The van der Waals surface area contributed by atoms with Gasteiger partial charge in [0, 0.05) is 12.0 Å². The molecular weight excluding hydrogens is 204 g/mol. The van der Waals surface area contributed by atoms with Gasteiger partial charge in [-0.05, 0) is 23.8 Å². The monoisotopic (exact) mass is 214 g/mol. The number of benzene rings is 1. The molecule has 16 heavy (non-hydrogen) atoms. The second-order valence-electron chi connectivity index (χ2n) is 3.73. The van der Waals surface area contributed by atoms with Crippen molar-refractivity contribution < 1.29 is 9.53 Å². The third kappa shape index (κ3) is 1.39. The van der Waals surface area contributed by atoms with E-state index in [2.05, 4.69) is 16.0 Å². The SMILES string of the molecule is O=Cc1cnc(-c2ccc3c(c2)CCO3)[nH]1. The van der Waals surface area contributed by atoms with Crippen LogP contribution in [0, 0.1) is 0 Å². The zero-order valence-corrected chi connectivity index (χ0v) is 8.56. The van der Waals surface area contributed by atoms with Crippen LogP contribution in [-0.2, 0) is 6.42 Å². The van der Waals surface area contributed by atoms with Gasteiger partial charge in [0.15, 0.2) is 6.29 Å². The van der Waals surface area contributed by atoms with Gasteiger partial charge >= 0.3 is 0 Å². The number of hydrogen-bond donors (Lipinski definition) is 1. The Labute approximate surface area is 92.3 Å². The van der Waals surface area contributed by atoms with Gasteiger partial charge in [-0.15, -0.1) is 0 Å². The number of carbonyl (C=O) groups excluding carboxylic acids is 1. The zero-order valence-electron chi connectivity index (χ0n) is 8.56. The van der Waals surface area contributed by atoms with Crippen molar-refractivity contribution in [2.24, 2.45) is 0 Å². The Morgan fingerprint density at radius 1 is 1.44 bits per heavy atom. The van der Waals surface area contributed by atoms with Crippen molar-refractivity contribution in [3.8, 4) is 17.1 Å². The number of carbonyl (C=O) groups is 1. The Hall–Kier alpha value is -2.10. The minimum atomic E-state index is 0.492. The van der Waals surface area contributed by atoms with Gasteiger partial charge < -0.3 is 9.72 Å². The Bertz CT molecular complexity index is 546. The standard InChI is InChI=1S/C12H10N2O2/c15-7-10-6-13-12(14-10)9-1-2-11-8(5-9)3-4-16-11/h1-2,5-7H,3-4H2,(H,13,14). The van der Waals surface area contributed by atoms with Crippen molar-refractivity contribution in [3.05, 3.63) is 35.7 Å². The number of imidazole rings is 1. The lowest BCUT2D eigenvalue weighted by molar-refractivity contribution is 0.111. The highest BCUT2D eigenvalue weighted by molar-refractivity contribution is 5.73. The molecule has 0 unspecified atom stereocenters. The van der Waals surface area contributed by atoms with Crippen molar-refractivity contribution in [3.63, 3.8) is 0 Å². The van der Waals surface area contributed by atoms with Gasteiger partial charge in [-0.1, -0.05) is 0 Å². The maximum atomic E-state index is 10.5. The van der Waals surface area contributed by atoms with Crippen molar-refractivity contribution in [2.75, 3.05) is 6.61 Å². The van der Waals surface area contributed by atoms with E-state index < -0.39 is 0 Å². The summed E-state index contributed by atoms with van der Waals surface area (Å²) in [5.74, 6) is 1.67. The highest BCUT2D eigenvalue weighted by Gasteiger charge is 2.13. The van der Waals surface area contributed by atoms with E-state index >= 15 is 0 Å². The van der Waals surface area contributed by atoms with E-state index in [0.29, 0.717) is 5.69 Å². The van der Waals surface area contributed by atoms with Gasteiger partial charge in [-0.25, -0.2) is 4.98 Å². The molecule has 0 saturated carbocycles. The number of rotatable bonds is 2. The highest BCUT2D eigenvalue weighted by atomic mass is 16.5. The molecule has 1 aromatic heterocycles. The molecule has 0 spiro atoms. The number of H-pyrrole nitrogens is 1. The first-order chi connectivity index (χ1) is 7.86. The molecule has 2 heterocycles. The molecule has 0 fully saturated rings. The minimum absolute atomic E-state index is 0.492. The first kappa shape index (κ1) is 9.15. The number of aromatic amines is 1. The molecular formula is C12H10N2O2. The molecule has 0 atom stereocenters. The fourth-order valence-electron chi connectivity index (χ4n) is 1.88. The predicted octanol–water partition coefficient (Wildman–Crippen LogP) is 1.82. The quantitative estimate of drug-likeness (QED) is 0.776. The van der Waals surface area contributed by atoms with Crippen LogP contribution in [0.4, 0.5) is 0 Å². The molecule has 2 aromatic rings. The van der Waals surface area contributed by atoms with Crippen LogP contribution in [0.2, 0.25) is 0 Å². The van der Waals surface area contributed by atoms with E-state index in [4.69, 9.17) is 4.74 Å². The van der Waals surface area contributed by atoms with E-state index in [0.717, 1.165) is 36.5 Å². The molecule has 0 bridgehead atoms. The summed E-state index contributed by atoms with van der Waals surface area (Å²) >= 11 is 0. The molecule has 1 aromatic carbocycles. The number of nitrogens with one attached hydrogen (secondary N) is 1. The van der Waals surface area contributed by atoms with E-state index in [1.54, 1.807) is 0 Å².